The number of nitriles is 3. The van der Waals surface area contributed by atoms with Crippen LogP contribution in [0.4, 0.5) is 22.0 Å². The summed E-state index contributed by atoms with van der Waals surface area (Å²) in [5.41, 5.74) is -17.0. The molecule has 0 aliphatic carbocycles. The normalized spacial score (nSPS) is 19.5. The number of hydrogen-bond acceptors (Lipinski definition) is 3. The van der Waals surface area contributed by atoms with Gasteiger partial charge in [0.2, 0.25) is 0 Å². The van der Waals surface area contributed by atoms with E-state index in [1.165, 1.54) is 18.2 Å². The van der Waals surface area contributed by atoms with Crippen LogP contribution in [0.3, 0.4) is 0 Å². The highest BCUT2D eigenvalue weighted by atomic mass is 19.3. The van der Waals surface area contributed by atoms with Crippen molar-refractivity contribution in [3.8, 4) is 18.2 Å². The molecule has 0 aliphatic rings. The predicted molar refractivity (Wildman–Crippen MR) is 100 cm³/mol. The third kappa shape index (κ3) is 3.63. The molecule has 9 heteroatoms. The van der Waals surface area contributed by atoms with E-state index in [1.54, 1.807) is 0 Å². The fourth-order valence-electron chi connectivity index (χ4n) is 3.74. The molecular weight excluding hydrogens is 388 g/mol. The van der Waals surface area contributed by atoms with Crippen molar-refractivity contribution in [3.05, 3.63) is 12.2 Å². The molecule has 29 heavy (non-hydrogen) atoms. The van der Waals surface area contributed by atoms with Crippen LogP contribution in [0, 0.1) is 50.7 Å². The highest BCUT2D eigenvalue weighted by Gasteiger charge is 2.77. The van der Waals surface area contributed by atoms with Crippen molar-refractivity contribution in [2.45, 2.75) is 77.2 Å². The zero-order valence-electron chi connectivity index (χ0n) is 17.7. The fraction of sp³-hybridized carbons (Fsp3) is 0.750. The van der Waals surface area contributed by atoms with E-state index in [2.05, 4.69) is 6.58 Å². The Labute approximate surface area is 170 Å². The first-order chi connectivity index (χ1) is 12.7. The SMILES string of the molecule is [B]C(C(=C)C#N)C(F)(C(C)C(F)(F)C(C)(C)C#N)C(F)(C(C)(C)F)C(C)(C)C#N. The van der Waals surface area contributed by atoms with Gasteiger partial charge in [-0.3, -0.25) is 0 Å². The molecule has 0 amide bonds. The number of allylic oxidation sites excluding steroid dienone is 1. The molecule has 0 saturated heterocycles. The first-order valence-electron chi connectivity index (χ1n) is 8.78. The van der Waals surface area contributed by atoms with Crippen molar-refractivity contribution < 1.29 is 22.0 Å². The third-order valence-corrected chi connectivity index (χ3v) is 5.75. The van der Waals surface area contributed by atoms with Gasteiger partial charge in [-0.15, -0.1) is 0 Å². The van der Waals surface area contributed by atoms with Crippen LogP contribution in [-0.4, -0.2) is 30.8 Å². The Morgan fingerprint density at radius 2 is 1.24 bits per heavy atom. The zero-order chi connectivity index (χ0) is 23.9. The molecule has 0 spiro atoms. The Hall–Kier alpha value is -2.08. The average Bonchev–Trinajstić information content (AvgIpc) is 2.62. The van der Waals surface area contributed by atoms with Gasteiger partial charge in [0.15, 0.2) is 11.3 Å². The lowest BCUT2D eigenvalue weighted by Gasteiger charge is -2.57. The summed E-state index contributed by atoms with van der Waals surface area (Å²) < 4.78 is 78.9. The molecule has 4 unspecified atom stereocenters. The molecule has 0 fully saturated rings. The number of halogens is 5. The summed E-state index contributed by atoms with van der Waals surface area (Å²) in [5.74, 6) is -9.38. The molecule has 2 radical (unpaired) electrons. The van der Waals surface area contributed by atoms with Gasteiger partial charge in [-0.05, 0) is 47.4 Å². The van der Waals surface area contributed by atoms with Gasteiger partial charge in [-0.25, -0.2) is 22.0 Å². The van der Waals surface area contributed by atoms with E-state index in [0.29, 0.717) is 20.8 Å². The van der Waals surface area contributed by atoms with Gasteiger partial charge in [0.25, 0.3) is 5.92 Å². The first-order valence-corrected chi connectivity index (χ1v) is 8.78. The van der Waals surface area contributed by atoms with Crippen molar-refractivity contribution in [1.82, 2.24) is 0 Å². The Bertz CT molecular complexity index is 782. The monoisotopic (exact) mass is 413 g/mol. The van der Waals surface area contributed by atoms with Gasteiger partial charge in [0.05, 0.1) is 37.4 Å². The molecule has 0 rings (SSSR count). The molecular formula is C20H25BF5N3. The largest absolute Gasteiger partial charge is 0.271 e. The average molecular weight is 413 g/mol. The minimum absolute atomic E-state index is 0.580. The minimum atomic E-state index is -4.24. The summed E-state index contributed by atoms with van der Waals surface area (Å²) >= 11 is 0. The Kier molecular flexibility index (Phi) is 7.09. The zero-order valence-corrected chi connectivity index (χ0v) is 17.7. The molecule has 0 aromatic heterocycles. The fourth-order valence-corrected chi connectivity index (χ4v) is 3.74. The maximum absolute atomic E-state index is 16.7. The van der Waals surface area contributed by atoms with Crippen LogP contribution in [0.15, 0.2) is 12.2 Å². The van der Waals surface area contributed by atoms with E-state index in [0.717, 1.165) is 27.7 Å². The molecule has 0 aromatic rings. The molecule has 0 heterocycles. The summed E-state index contributed by atoms with van der Waals surface area (Å²) in [6.45, 7) is 8.29. The third-order valence-electron chi connectivity index (χ3n) is 5.75. The second-order valence-corrected chi connectivity index (χ2v) is 8.83. The van der Waals surface area contributed by atoms with Crippen LogP contribution in [0.1, 0.15) is 48.5 Å². The quantitative estimate of drug-likeness (QED) is 0.297. The van der Waals surface area contributed by atoms with E-state index in [4.69, 9.17) is 18.4 Å². The van der Waals surface area contributed by atoms with E-state index >= 15 is 22.0 Å². The molecule has 0 N–H and O–H groups in total. The van der Waals surface area contributed by atoms with Crippen LogP contribution < -0.4 is 0 Å². The number of rotatable bonds is 8. The molecule has 3 nitrogen and oxygen atoms in total. The summed E-state index contributed by atoms with van der Waals surface area (Å²) in [4.78, 5) is 0. The van der Waals surface area contributed by atoms with E-state index in [1.807, 2.05) is 0 Å². The summed E-state index contributed by atoms with van der Waals surface area (Å²) in [7, 11) is 5.69. The van der Waals surface area contributed by atoms with Crippen LogP contribution in [0.2, 0.25) is 5.82 Å². The van der Waals surface area contributed by atoms with E-state index in [-0.39, 0.29) is 0 Å². The molecule has 0 aromatic carbocycles. The standard InChI is InChI=1S/C20H25BF5N3/c1-12(9-27)14(21)18(23,13(2)19(24,25)15(3,4)10-28)20(26,17(7,8)22)16(5,6)11-29/h13-14H,1H2,2-8H3. The molecule has 0 aliphatic heterocycles. The lowest BCUT2D eigenvalue weighted by atomic mass is 9.49. The van der Waals surface area contributed by atoms with Crippen LogP contribution >= 0.6 is 0 Å². The number of hydrogen-bond donors (Lipinski definition) is 0. The van der Waals surface area contributed by atoms with Crippen LogP contribution in [0.25, 0.3) is 0 Å². The van der Waals surface area contributed by atoms with Crippen molar-refractivity contribution in [2.75, 3.05) is 0 Å². The molecule has 0 bridgehead atoms. The maximum atomic E-state index is 16.7. The molecule has 4 atom stereocenters. The molecule has 0 saturated carbocycles. The molecule has 158 valence electrons. The summed E-state index contributed by atoms with van der Waals surface area (Å²) in [5, 5.41) is 27.6. The van der Waals surface area contributed by atoms with Crippen molar-refractivity contribution in [1.29, 1.82) is 15.8 Å². The maximum Gasteiger partial charge on any atom is 0.271 e. The lowest BCUT2D eigenvalue weighted by molar-refractivity contribution is -0.244. The van der Waals surface area contributed by atoms with Crippen molar-refractivity contribution >= 4 is 7.85 Å². The van der Waals surface area contributed by atoms with Gasteiger partial charge >= 0.3 is 0 Å². The van der Waals surface area contributed by atoms with Gasteiger partial charge in [0, 0.05) is 5.57 Å². The second kappa shape index (κ2) is 7.64. The Balaban J connectivity index is 7.48. The van der Waals surface area contributed by atoms with E-state index < -0.39 is 51.1 Å². The summed E-state index contributed by atoms with van der Waals surface area (Å²) in [6, 6.07) is 4.15. The minimum Gasteiger partial charge on any atom is -0.241 e. The van der Waals surface area contributed by atoms with Crippen LogP contribution in [-0.2, 0) is 0 Å². The second-order valence-electron chi connectivity index (χ2n) is 8.83. The van der Waals surface area contributed by atoms with Gasteiger partial charge in [-0.1, -0.05) is 13.5 Å². The summed E-state index contributed by atoms with van der Waals surface area (Å²) in [6.07, 6.45) is 0. The lowest BCUT2D eigenvalue weighted by Crippen LogP contribution is -2.72. The highest BCUT2D eigenvalue weighted by Crippen LogP contribution is 2.63. The highest BCUT2D eigenvalue weighted by molar-refractivity contribution is 6.15. The van der Waals surface area contributed by atoms with E-state index in [9.17, 15) is 5.26 Å². The Morgan fingerprint density at radius 1 is 0.862 bits per heavy atom. The smallest absolute Gasteiger partial charge is 0.241 e. The van der Waals surface area contributed by atoms with Gasteiger partial charge in [0.1, 0.15) is 11.1 Å². The Morgan fingerprint density at radius 3 is 1.52 bits per heavy atom. The predicted octanol–water partition coefficient (Wildman–Crippen LogP) is 5.56. The van der Waals surface area contributed by atoms with Gasteiger partial charge in [-0.2, -0.15) is 15.8 Å². The topological polar surface area (TPSA) is 71.4 Å². The van der Waals surface area contributed by atoms with Crippen molar-refractivity contribution in [2.24, 2.45) is 16.7 Å². The number of alkyl halides is 5. The van der Waals surface area contributed by atoms with Gasteiger partial charge < -0.3 is 0 Å². The first kappa shape index (κ1) is 26.9. The van der Waals surface area contributed by atoms with Crippen molar-refractivity contribution in [3.63, 3.8) is 0 Å². The number of nitrogens with zero attached hydrogens (tertiary/aromatic N) is 3. The van der Waals surface area contributed by atoms with Crippen LogP contribution in [0.5, 0.6) is 0 Å².